The van der Waals surface area contributed by atoms with Gasteiger partial charge in [-0.1, -0.05) is 13.0 Å². The van der Waals surface area contributed by atoms with Gasteiger partial charge in [-0.3, -0.25) is 4.79 Å². The lowest BCUT2D eigenvalue weighted by atomic mass is 9.97. The molecular weight excluding hydrogens is 504 g/mol. The van der Waals surface area contributed by atoms with Crippen molar-refractivity contribution < 1.29 is 22.7 Å². The van der Waals surface area contributed by atoms with E-state index in [0.29, 0.717) is 23.2 Å². The molecule has 2 aromatic rings. The molecule has 0 bridgehead atoms. The number of nitrogens with one attached hydrogen (secondary N) is 1. The normalized spacial score (nSPS) is 25.3. The number of pyridine rings is 1. The van der Waals surface area contributed by atoms with Gasteiger partial charge in [-0.25, -0.2) is 23.0 Å². The number of ether oxygens (including phenoxy) is 2. The second-order valence-electron chi connectivity index (χ2n) is 11.2. The molecule has 3 atom stereocenters. The highest BCUT2D eigenvalue weighted by molar-refractivity contribution is 7.91. The Balaban J connectivity index is 1.58. The number of aromatic nitrogens is 1. The maximum atomic E-state index is 13.7. The lowest BCUT2D eigenvalue weighted by Gasteiger charge is -2.43. The first-order valence-electron chi connectivity index (χ1n) is 12.8. The fraction of sp³-hybridized carbons (Fsp3) is 0.500. The highest BCUT2D eigenvalue weighted by Gasteiger charge is 2.48. The molecule has 1 amide bonds. The van der Waals surface area contributed by atoms with E-state index in [1.807, 2.05) is 25.1 Å². The smallest absolute Gasteiger partial charge is 0.268 e. The van der Waals surface area contributed by atoms with E-state index in [1.165, 1.54) is 0 Å². The first-order chi connectivity index (χ1) is 17.8. The van der Waals surface area contributed by atoms with Crippen molar-refractivity contribution in [1.82, 2.24) is 14.6 Å². The Labute approximate surface area is 225 Å². The van der Waals surface area contributed by atoms with E-state index in [9.17, 15) is 13.2 Å². The molecule has 0 saturated carbocycles. The van der Waals surface area contributed by atoms with Gasteiger partial charge in [0.2, 0.25) is 0 Å². The van der Waals surface area contributed by atoms with Gasteiger partial charge in [-0.15, -0.1) is 0 Å². The maximum absolute atomic E-state index is 13.7. The maximum Gasteiger partial charge on any atom is 0.268 e. The van der Waals surface area contributed by atoms with Crippen molar-refractivity contribution in [2.24, 2.45) is 5.92 Å². The summed E-state index contributed by atoms with van der Waals surface area (Å²) in [6.07, 6.45) is 5.66. The summed E-state index contributed by atoms with van der Waals surface area (Å²) in [6, 6.07) is 8.76. The molecule has 38 heavy (non-hydrogen) atoms. The Bertz CT molecular complexity index is 1340. The van der Waals surface area contributed by atoms with Gasteiger partial charge < -0.3 is 14.4 Å². The van der Waals surface area contributed by atoms with Gasteiger partial charge in [0.1, 0.15) is 22.2 Å². The molecule has 10 heteroatoms. The second kappa shape index (κ2) is 10.2. The van der Waals surface area contributed by atoms with Crippen LogP contribution in [0.3, 0.4) is 0 Å². The number of carbonyl (C=O) groups is 1. The van der Waals surface area contributed by atoms with Crippen molar-refractivity contribution in [2.75, 3.05) is 25.6 Å². The van der Waals surface area contributed by atoms with E-state index in [2.05, 4.69) is 35.4 Å². The summed E-state index contributed by atoms with van der Waals surface area (Å²) in [5, 5.41) is 0. The van der Waals surface area contributed by atoms with Crippen LogP contribution in [-0.4, -0.2) is 61.5 Å². The van der Waals surface area contributed by atoms with Crippen LogP contribution in [0.25, 0.3) is 0 Å². The Hall–Kier alpha value is -3.11. The van der Waals surface area contributed by atoms with Crippen molar-refractivity contribution in [3.63, 3.8) is 0 Å². The Morgan fingerprint density at radius 3 is 2.55 bits per heavy atom. The SMILES string of the molecule is COc1cc(C)cc(OC2C=CCC(C)(S(=O)(=O)NC(=O)c3cccnc3N3CC(C)CC3(C)C)N2C)c1. The standard InChI is InChI=1S/C28H38N4O5S/c1-19-14-21(36-7)16-22(15-19)37-24-11-8-12-28(5,31(24)6)38(34,35)30-26(33)23-10-9-13-29-25(23)32-18-20(2)17-27(32,3)4/h8-11,13-16,20,24H,12,17-18H2,1-7H3,(H,30,33). The molecule has 1 saturated heterocycles. The third kappa shape index (κ3) is 5.24. The van der Waals surface area contributed by atoms with Crippen LogP contribution in [0.15, 0.2) is 48.7 Å². The molecule has 2 aliphatic rings. The zero-order valence-corrected chi connectivity index (χ0v) is 24.0. The molecular formula is C28H38N4O5S. The van der Waals surface area contributed by atoms with E-state index in [4.69, 9.17) is 9.47 Å². The zero-order chi connectivity index (χ0) is 27.9. The van der Waals surface area contributed by atoms with Gasteiger partial charge in [0.15, 0.2) is 6.23 Å². The van der Waals surface area contributed by atoms with Crippen molar-refractivity contribution in [1.29, 1.82) is 0 Å². The molecule has 1 N–H and O–H groups in total. The van der Waals surface area contributed by atoms with E-state index in [-0.39, 0.29) is 17.5 Å². The van der Waals surface area contributed by atoms with Gasteiger partial charge >= 0.3 is 0 Å². The number of aryl methyl sites for hydroxylation is 1. The van der Waals surface area contributed by atoms with Crippen LogP contribution in [0, 0.1) is 12.8 Å². The molecule has 3 unspecified atom stereocenters. The number of rotatable bonds is 7. The fourth-order valence-electron chi connectivity index (χ4n) is 5.44. The molecule has 1 fully saturated rings. The molecule has 9 nitrogen and oxygen atoms in total. The number of hydrogen-bond donors (Lipinski definition) is 1. The number of nitrogens with zero attached hydrogens (tertiary/aromatic N) is 3. The lowest BCUT2D eigenvalue weighted by molar-refractivity contribution is 0.0302. The van der Waals surface area contributed by atoms with Crippen LogP contribution in [-0.2, 0) is 10.0 Å². The minimum absolute atomic E-state index is 0.180. The molecule has 4 rings (SSSR count). The number of amides is 1. The van der Waals surface area contributed by atoms with Gasteiger partial charge in [0.05, 0.1) is 12.7 Å². The number of anilines is 1. The number of likely N-dealkylation sites (N-methyl/N-ethyl adjacent to an activating group) is 1. The van der Waals surface area contributed by atoms with Crippen LogP contribution in [0.4, 0.5) is 5.82 Å². The van der Waals surface area contributed by atoms with Crippen molar-refractivity contribution >= 4 is 21.7 Å². The van der Waals surface area contributed by atoms with Gasteiger partial charge in [-0.2, -0.15) is 0 Å². The zero-order valence-electron chi connectivity index (χ0n) is 23.2. The third-order valence-electron chi connectivity index (χ3n) is 7.61. The number of benzene rings is 1. The molecule has 1 aromatic carbocycles. The molecule has 206 valence electrons. The summed E-state index contributed by atoms with van der Waals surface area (Å²) in [7, 11) is -0.926. The van der Waals surface area contributed by atoms with Crippen LogP contribution in [0.5, 0.6) is 11.5 Å². The molecule has 0 aliphatic carbocycles. The van der Waals surface area contributed by atoms with Crippen molar-refractivity contribution in [3.05, 3.63) is 59.8 Å². The van der Waals surface area contributed by atoms with E-state index in [0.717, 1.165) is 18.5 Å². The number of hydrogen-bond acceptors (Lipinski definition) is 8. The first kappa shape index (κ1) is 27.9. The molecule has 3 heterocycles. The predicted molar refractivity (Wildman–Crippen MR) is 148 cm³/mol. The van der Waals surface area contributed by atoms with Gasteiger partial charge in [-0.05, 0) is 89.4 Å². The summed E-state index contributed by atoms with van der Waals surface area (Å²) in [5.41, 5.74) is 0.980. The Morgan fingerprint density at radius 1 is 1.18 bits per heavy atom. The third-order valence-corrected chi connectivity index (χ3v) is 9.67. The highest BCUT2D eigenvalue weighted by Crippen LogP contribution is 2.38. The largest absolute Gasteiger partial charge is 0.497 e. The highest BCUT2D eigenvalue weighted by atomic mass is 32.2. The van der Waals surface area contributed by atoms with Crippen LogP contribution in [0.1, 0.15) is 56.5 Å². The summed E-state index contributed by atoms with van der Waals surface area (Å²) < 4.78 is 41.3. The Morgan fingerprint density at radius 2 is 1.89 bits per heavy atom. The minimum atomic E-state index is -4.18. The lowest BCUT2D eigenvalue weighted by Crippen LogP contribution is -2.60. The molecule has 2 aliphatic heterocycles. The fourth-order valence-corrected chi connectivity index (χ4v) is 6.81. The topological polar surface area (TPSA) is 101 Å². The van der Waals surface area contributed by atoms with Gasteiger partial charge in [0.25, 0.3) is 15.9 Å². The van der Waals surface area contributed by atoms with E-state index in [1.54, 1.807) is 56.5 Å². The minimum Gasteiger partial charge on any atom is -0.497 e. The predicted octanol–water partition coefficient (Wildman–Crippen LogP) is 4.10. The van der Waals surface area contributed by atoms with Crippen LogP contribution >= 0.6 is 0 Å². The summed E-state index contributed by atoms with van der Waals surface area (Å²) in [5.74, 6) is 1.42. The van der Waals surface area contributed by atoms with Crippen LogP contribution < -0.4 is 19.1 Å². The summed E-state index contributed by atoms with van der Waals surface area (Å²) in [6.45, 7) is 10.6. The van der Waals surface area contributed by atoms with Crippen molar-refractivity contribution in [2.45, 2.75) is 64.1 Å². The van der Waals surface area contributed by atoms with Crippen molar-refractivity contribution in [3.8, 4) is 11.5 Å². The molecule has 0 spiro atoms. The second-order valence-corrected chi connectivity index (χ2v) is 13.2. The Kier molecular flexibility index (Phi) is 7.51. The number of methoxy groups -OCH3 is 1. The first-order valence-corrected chi connectivity index (χ1v) is 14.3. The molecule has 0 radical (unpaired) electrons. The quantitative estimate of drug-likeness (QED) is 0.522. The van der Waals surface area contributed by atoms with E-state index >= 15 is 0 Å². The summed E-state index contributed by atoms with van der Waals surface area (Å²) >= 11 is 0. The van der Waals surface area contributed by atoms with Crippen LogP contribution in [0.2, 0.25) is 0 Å². The monoisotopic (exact) mass is 542 g/mol. The van der Waals surface area contributed by atoms with Gasteiger partial charge in [0, 0.05) is 24.3 Å². The average molecular weight is 543 g/mol. The average Bonchev–Trinajstić information content (AvgIpc) is 3.12. The van der Waals surface area contributed by atoms with E-state index < -0.39 is 27.0 Å². The molecule has 1 aromatic heterocycles. The number of carbonyl (C=O) groups excluding carboxylic acids is 1. The summed E-state index contributed by atoms with van der Waals surface area (Å²) in [4.78, 5) is 20.2. The number of sulfonamides is 1.